The molecular formula is C13H19BrFN3O2S. The maximum absolute atomic E-state index is 14.2. The van der Waals surface area contributed by atoms with Crippen LogP contribution in [-0.4, -0.2) is 50.3 Å². The molecule has 1 heterocycles. The number of anilines is 1. The zero-order valence-electron chi connectivity index (χ0n) is 12.0. The number of nitrogens with two attached hydrogens (primary N) is 1. The molecule has 1 saturated heterocycles. The van der Waals surface area contributed by atoms with Crippen LogP contribution in [0.3, 0.4) is 0 Å². The molecule has 21 heavy (non-hydrogen) atoms. The fourth-order valence-electron chi connectivity index (χ4n) is 2.49. The Balaban J connectivity index is 2.39. The van der Waals surface area contributed by atoms with Gasteiger partial charge >= 0.3 is 0 Å². The zero-order valence-corrected chi connectivity index (χ0v) is 14.4. The molecule has 1 aliphatic rings. The van der Waals surface area contributed by atoms with Crippen molar-refractivity contribution >= 4 is 31.6 Å². The fraction of sp³-hybridized carbons (Fsp3) is 0.538. The topological polar surface area (TPSA) is 66.6 Å². The minimum absolute atomic E-state index is 0.0576. The van der Waals surface area contributed by atoms with Crippen LogP contribution >= 0.6 is 15.9 Å². The molecule has 2 N–H and O–H groups in total. The van der Waals surface area contributed by atoms with Crippen LogP contribution in [0.15, 0.2) is 21.5 Å². The third kappa shape index (κ3) is 3.23. The first-order valence-electron chi connectivity index (χ1n) is 6.72. The molecule has 0 aliphatic carbocycles. The van der Waals surface area contributed by atoms with Gasteiger partial charge in [-0.3, -0.25) is 0 Å². The first kappa shape index (κ1) is 16.7. The molecule has 8 heteroatoms. The standard InChI is InChI=1S/C13H19BrFN3O2S/c1-3-10-8-18(5-4-17(10)2)21(19,20)12-7-9(16)6-11(14)13(12)15/h6-7,10H,3-5,8,16H2,1-2H3. The summed E-state index contributed by atoms with van der Waals surface area (Å²) in [5.74, 6) is -0.795. The average molecular weight is 380 g/mol. The van der Waals surface area contributed by atoms with Gasteiger partial charge in [0.05, 0.1) is 4.47 Å². The van der Waals surface area contributed by atoms with Crippen LogP contribution in [0.25, 0.3) is 0 Å². The van der Waals surface area contributed by atoms with Crippen molar-refractivity contribution in [1.82, 2.24) is 9.21 Å². The number of rotatable bonds is 3. The molecule has 1 atom stereocenters. The lowest BCUT2D eigenvalue weighted by Gasteiger charge is -2.38. The van der Waals surface area contributed by atoms with Gasteiger partial charge < -0.3 is 10.6 Å². The van der Waals surface area contributed by atoms with Gasteiger partial charge in [0.25, 0.3) is 0 Å². The lowest BCUT2D eigenvalue weighted by molar-refractivity contribution is 0.144. The van der Waals surface area contributed by atoms with Crippen LogP contribution in [0.1, 0.15) is 13.3 Å². The van der Waals surface area contributed by atoms with E-state index in [1.165, 1.54) is 16.4 Å². The lowest BCUT2D eigenvalue weighted by Crippen LogP contribution is -2.52. The van der Waals surface area contributed by atoms with Crippen LogP contribution < -0.4 is 5.73 Å². The Morgan fingerprint density at radius 1 is 1.43 bits per heavy atom. The van der Waals surface area contributed by atoms with Gasteiger partial charge in [0.1, 0.15) is 4.90 Å². The van der Waals surface area contributed by atoms with E-state index in [2.05, 4.69) is 20.8 Å². The summed E-state index contributed by atoms with van der Waals surface area (Å²) in [6, 6.07) is 2.67. The highest BCUT2D eigenvalue weighted by molar-refractivity contribution is 9.10. The molecule has 0 saturated carbocycles. The normalized spacial score (nSPS) is 21.6. The zero-order chi connectivity index (χ0) is 15.8. The van der Waals surface area contributed by atoms with Crippen molar-refractivity contribution < 1.29 is 12.8 Å². The van der Waals surface area contributed by atoms with Crippen molar-refractivity contribution in [1.29, 1.82) is 0 Å². The van der Waals surface area contributed by atoms with Crippen molar-refractivity contribution in [3.8, 4) is 0 Å². The molecule has 1 unspecified atom stereocenters. The first-order valence-corrected chi connectivity index (χ1v) is 8.95. The van der Waals surface area contributed by atoms with Gasteiger partial charge in [-0.2, -0.15) is 4.31 Å². The van der Waals surface area contributed by atoms with Crippen molar-refractivity contribution in [2.45, 2.75) is 24.3 Å². The second-order valence-electron chi connectivity index (χ2n) is 5.22. The number of piperazine rings is 1. The van der Waals surface area contributed by atoms with Gasteiger partial charge in [0, 0.05) is 31.4 Å². The fourth-order valence-corrected chi connectivity index (χ4v) is 4.69. The molecule has 0 radical (unpaired) electrons. The molecule has 118 valence electrons. The molecule has 0 amide bonds. The molecule has 0 spiro atoms. The van der Waals surface area contributed by atoms with Gasteiger partial charge in [-0.05, 0) is 41.5 Å². The Morgan fingerprint density at radius 3 is 2.71 bits per heavy atom. The molecule has 1 fully saturated rings. The Labute approximate surface area is 133 Å². The summed E-state index contributed by atoms with van der Waals surface area (Å²) in [5, 5.41) is 0. The summed E-state index contributed by atoms with van der Waals surface area (Å²) in [4.78, 5) is 1.76. The highest BCUT2D eigenvalue weighted by Gasteiger charge is 2.34. The maximum atomic E-state index is 14.2. The van der Waals surface area contributed by atoms with Gasteiger partial charge in [0.2, 0.25) is 10.0 Å². The highest BCUT2D eigenvalue weighted by Crippen LogP contribution is 2.29. The van der Waals surface area contributed by atoms with E-state index in [4.69, 9.17) is 5.73 Å². The average Bonchev–Trinajstić information content (AvgIpc) is 2.42. The largest absolute Gasteiger partial charge is 0.399 e. The maximum Gasteiger partial charge on any atom is 0.246 e. The Hall–Kier alpha value is -0.700. The minimum Gasteiger partial charge on any atom is -0.399 e. The monoisotopic (exact) mass is 379 g/mol. The van der Waals surface area contributed by atoms with Gasteiger partial charge in [-0.25, -0.2) is 12.8 Å². The predicted molar refractivity (Wildman–Crippen MR) is 84.0 cm³/mol. The van der Waals surface area contributed by atoms with Gasteiger partial charge in [0.15, 0.2) is 5.82 Å². The Kier molecular flexibility index (Phi) is 4.92. The summed E-state index contributed by atoms with van der Waals surface area (Å²) in [5.41, 5.74) is 5.85. The molecule has 1 aliphatic heterocycles. The second kappa shape index (κ2) is 6.20. The molecule has 5 nitrogen and oxygen atoms in total. The second-order valence-corrected chi connectivity index (χ2v) is 7.98. The van der Waals surface area contributed by atoms with Gasteiger partial charge in [-0.15, -0.1) is 0 Å². The third-order valence-corrected chi connectivity index (χ3v) is 6.29. The van der Waals surface area contributed by atoms with E-state index in [0.29, 0.717) is 19.6 Å². The molecule has 0 bridgehead atoms. The molecule has 1 aromatic carbocycles. The summed E-state index contributed by atoms with van der Waals surface area (Å²) >= 11 is 3.00. The predicted octanol–water partition coefficient (Wildman–Crippen LogP) is 1.89. The SMILES string of the molecule is CCC1CN(S(=O)(=O)c2cc(N)cc(Br)c2F)CCN1C. The number of hydrogen-bond donors (Lipinski definition) is 1. The van der Waals surface area contributed by atoms with Crippen molar-refractivity contribution in [2.24, 2.45) is 0 Å². The van der Waals surface area contributed by atoms with Crippen molar-refractivity contribution in [2.75, 3.05) is 32.4 Å². The third-order valence-electron chi connectivity index (χ3n) is 3.85. The first-order chi connectivity index (χ1) is 9.77. The van der Waals surface area contributed by atoms with Gasteiger partial charge in [-0.1, -0.05) is 6.92 Å². The Bertz CT molecular complexity index is 639. The summed E-state index contributed by atoms with van der Waals surface area (Å²) in [6.07, 6.45) is 0.839. The van der Waals surface area contributed by atoms with Crippen LogP contribution in [0.2, 0.25) is 0 Å². The quantitative estimate of drug-likeness (QED) is 0.814. The van der Waals surface area contributed by atoms with E-state index >= 15 is 0 Å². The van der Waals surface area contributed by atoms with E-state index in [1.807, 2.05) is 14.0 Å². The number of hydrogen-bond acceptors (Lipinski definition) is 4. The lowest BCUT2D eigenvalue weighted by atomic mass is 10.1. The number of nitrogen functional groups attached to an aromatic ring is 1. The van der Waals surface area contributed by atoms with Crippen LogP contribution in [0.4, 0.5) is 10.1 Å². The van der Waals surface area contributed by atoms with E-state index in [-0.39, 0.29) is 21.1 Å². The Morgan fingerprint density at radius 2 is 2.10 bits per heavy atom. The molecule has 1 aromatic rings. The molecule has 0 aromatic heterocycles. The number of nitrogens with zero attached hydrogens (tertiary/aromatic N) is 2. The summed E-state index contributed by atoms with van der Waals surface area (Å²) < 4.78 is 40.9. The smallest absolute Gasteiger partial charge is 0.246 e. The number of benzene rings is 1. The summed E-state index contributed by atoms with van der Waals surface area (Å²) in [6.45, 7) is 3.35. The van der Waals surface area contributed by atoms with Crippen LogP contribution in [0, 0.1) is 5.82 Å². The number of sulfonamides is 1. The van der Waals surface area contributed by atoms with E-state index in [9.17, 15) is 12.8 Å². The number of likely N-dealkylation sites (N-methyl/N-ethyl adjacent to an activating group) is 1. The van der Waals surface area contributed by atoms with Crippen molar-refractivity contribution in [3.63, 3.8) is 0 Å². The van der Waals surface area contributed by atoms with E-state index in [0.717, 1.165) is 6.42 Å². The number of halogens is 2. The minimum atomic E-state index is -3.88. The molecular weight excluding hydrogens is 361 g/mol. The van der Waals surface area contributed by atoms with Crippen molar-refractivity contribution in [3.05, 3.63) is 22.4 Å². The van der Waals surface area contributed by atoms with Crippen LogP contribution in [0.5, 0.6) is 0 Å². The van der Waals surface area contributed by atoms with E-state index < -0.39 is 15.8 Å². The highest BCUT2D eigenvalue weighted by atomic mass is 79.9. The van der Waals surface area contributed by atoms with E-state index in [1.54, 1.807) is 0 Å². The summed E-state index contributed by atoms with van der Waals surface area (Å²) in [7, 11) is -1.91. The van der Waals surface area contributed by atoms with Crippen LogP contribution in [-0.2, 0) is 10.0 Å². The molecule has 2 rings (SSSR count).